The third-order valence-corrected chi connectivity index (χ3v) is 20.8. The third-order valence-electron chi connectivity index (χ3n) is 5.84. The van der Waals surface area contributed by atoms with E-state index in [4.69, 9.17) is 4.43 Å². The predicted molar refractivity (Wildman–Crippen MR) is 115 cm³/mol. The van der Waals surface area contributed by atoms with Crippen molar-refractivity contribution in [2.75, 3.05) is 0 Å². The van der Waals surface area contributed by atoms with Crippen molar-refractivity contribution in [1.82, 2.24) is 0 Å². The first kappa shape index (κ1) is 17.5. The summed E-state index contributed by atoms with van der Waals surface area (Å²) in [4.78, 5) is 0. The van der Waals surface area contributed by atoms with E-state index in [9.17, 15) is 0 Å². The maximum Gasteiger partial charge on any atom is 0.241 e. The minimum atomic E-state index is -2.27. The van der Waals surface area contributed by atoms with Gasteiger partial charge in [0.15, 0.2) is 0 Å². The summed E-state index contributed by atoms with van der Waals surface area (Å²) in [5.41, 5.74) is 1.32. The van der Waals surface area contributed by atoms with Crippen molar-refractivity contribution >= 4 is 25.8 Å². The molecule has 1 heterocycles. The van der Waals surface area contributed by atoms with Crippen molar-refractivity contribution in [2.45, 2.75) is 31.7 Å². The first-order valence-corrected chi connectivity index (χ1v) is 15.6. The average molecular weight is 375 g/mol. The molecule has 0 N–H and O–H groups in total. The van der Waals surface area contributed by atoms with Crippen LogP contribution in [-0.2, 0) is 4.43 Å². The van der Waals surface area contributed by atoms with E-state index in [-0.39, 0.29) is 6.10 Å². The maximum absolute atomic E-state index is 7.25. The molecule has 0 saturated carbocycles. The fourth-order valence-corrected chi connectivity index (χ4v) is 18.8. The Bertz CT molecular complexity index is 808. The highest BCUT2D eigenvalue weighted by molar-refractivity contribution is 7.48. The molecule has 1 aliphatic rings. The van der Waals surface area contributed by atoms with Crippen LogP contribution >= 0.6 is 0 Å². The fraction of sp³-hybridized carbons (Fsp3) is 0.217. The molecular weight excluding hydrogens is 348 g/mol. The van der Waals surface area contributed by atoms with Gasteiger partial charge in [0.05, 0.1) is 13.7 Å². The Balaban J connectivity index is 1.89. The van der Waals surface area contributed by atoms with E-state index in [1.54, 1.807) is 0 Å². The largest absolute Gasteiger partial charge is 0.404 e. The van der Waals surface area contributed by atoms with Gasteiger partial charge in [-0.15, -0.1) is 0 Å². The minimum absolute atomic E-state index is 0.198. The lowest BCUT2D eigenvalue weighted by molar-refractivity contribution is 0.195. The molecule has 1 fully saturated rings. The van der Waals surface area contributed by atoms with Crippen molar-refractivity contribution in [1.29, 1.82) is 0 Å². The zero-order valence-corrected chi connectivity index (χ0v) is 17.6. The monoisotopic (exact) mass is 374 g/mol. The van der Waals surface area contributed by atoms with Gasteiger partial charge in [0.2, 0.25) is 7.83 Å². The molecular formula is C23H26OSi2. The minimum Gasteiger partial charge on any atom is -0.404 e. The number of rotatable bonds is 3. The molecule has 3 heteroatoms. The van der Waals surface area contributed by atoms with Crippen LogP contribution in [0.2, 0.25) is 19.1 Å². The van der Waals surface area contributed by atoms with E-state index in [2.05, 4.69) is 104 Å². The molecule has 1 unspecified atom stereocenters. The first-order chi connectivity index (χ1) is 12.6. The van der Waals surface area contributed by atoms with E-state index in [1.165, 1.54) is 22.0 Å². The summed E-state index contributed by atoms with van der Waals surface area (Å²) in [5, 5.41) is 2.87. The molecule has 1 saturated heterocycles. The van der Waals surface area contributed by atoms with Gasteiger partial charge >= 0.3 is 0 Å². The lowest BCUT2D eigenvalue weighted by atomic mass is 10.1. The summed E-state index contributed by atoms with van der Waals surface area (Å²) in [6.45, 7) is 5.08. The second-order valence-corrected chi connectivity index (χ2v) is 21.0. The molecule has 3 aromatic carbocycles. The SMILES string of the molecule is C[Si]1(C)CCC(c2ccccc2)O[Si]1(c1ccccc1)c1ccccc1. The van der Waals surface area contributed by atoms with E-state index < -0.39 is 15.4 Å². The number of hydrogen-bond donors (Lipinski definition) is 0. The number of hydrogen-bond acceptors (Lipinski definition) is 1. The summed E-state index contributed by atoms with van der Waals surface area (Å²) < 4.78 is 7.25. The van der Waals surface area contributed by atoms with Crippen LogP contribution in [0.5, 0.6) is 0 Å². The van der Waals surface area contributed by atoms with Crippen molar-refractivity contribution in [3.8, 4) is 0 Å². The standard InChI is InChI=1S/C23H26OSi2/c1-25(2)19-18-23(20-12-6-3-7-13-20)24-26(25,21-14-8-4-9-15-21)22-16-10-5-11-17-22/h3-17,23H,18-19H2,1-2H3. The van der Waals surface area contributed by atoms with Crippen LogP contribution < -0.4 is 10.4 Å². The van der Waals surface area contributed by atoms with Gasteiger partial charge in [-0.1, -0.05) is 110 Å². The zero-order chi connectivity index (χ0) is 18.0. The fourth-order valence-electron chi connectivity index (χ4n) is 4.43. The zero-order valence-electron chi connectivity index (χ0n) is 15.6. The van der Waals surface area contributed by atoms with Gasteiger partial charge < -0.3 is 4.43 Å². The van der Waals surface area contributed by atoms with Gasteiger partial charge in [-0.2, -0.15) is 0 Å². The van der Waals surface area contributed by atoms with Gasteiger partial charge in [0.25, 0.3) is 0 Å². The molecule has 0 aliphatic carbocycles. The Labute approximate surface area is 158 Å². The molecule has 26 heavy (non-hydrogen) atoms. The Hall–Kier alpha value is -1.95. The molecule has 1 nitrogen and oxygen atoms in total. The van der Waals surface area contributed by atoms with Crippen LogP contribution in [-0.4, -0.2) is 15.4 Å². The Morgan fingerprint density at radius 2 is 1.15 bits per heavy atom. The van der Waals surface area contributed by atoms with Crippen LogP contribution in [0.3, 0.4) is 0 Å². The lowest BCUT2D eigenvalue weighted by Crippen LogP contribution is -2.77. The molecule has 4 rings (SSSR count). The third kappa shape index (κ3) is 2.90. The topological polar surface area (TPSA) is 9.23 Å². The first-order valence-electron chi connectivity index (χ1n) is 9.47. The van der Waals surface area contributed by atoms with Crippen molar-refractivity contribution in [2.24, 2.45) is 0 Å². The Morgan fingerprint density at radius 1 is 0.692 bits per heavy atom. The van der Waals surface area contributed by atoms with Crippen molar-refractivity contribution in [3.63, 3.8) is 0 Å². The van der Waals surface area contributed by atoms with Crippen LogP contribution in [0.4, 0.5) is 0 Å². The van der Waals surface area contributed by atoms with Crippen LogP contribution in [0.25, 0.3) is 0 Å². The van der Waals surface area contributed by atoms with E-state index >= 15 is 0 Å². The Kier molecular flexibility index (Phi) is 4.70. The molecule has 0 bridgehead atoms. The van der Waals surface area contributed by atoms with Crippen LogP contribution in [0.1, 0.15) is 18.1 Å². The summed E-state index contributed by atoms with van der Waals surface area (Å²) >= 11 is 0. The molecule has 0 aromatic heterocycles. The second kappa shape index (κ2) is 6.99. The lowest BCUT2D eigenvalue weighted by Gasteiger charge is -2.50. The molecule has 1 aliphatic heterocycles. The van der Waals surface area contributed by atoms with Gasteiger partial charge in [-0.3, -0.25) is 0 Å². The van der Waals surface area contributed by atoms with E-state index in [0.717, 1.165) is 6.42 Å². The molecule has 132 valence electrons. The average Bonchev–Trinajstić information content (AvgIpc) is 2.70. The summed E-state index contributed by atoms with van der Waals surface area (Å²) in [6, 6.07) is 34.2. The predicted octanol–water partition coefficient (Wildman–Crippen LogP) is 4.69. The van der Waals surface area contributed by atoms with Crippen LogP contribution in [0, 0.1) is 0 Å². The van der Waals surface area contributed by atoms with E-state index in [0.29, 0.717) is 0 Å². The van der Waals surface area contributed by atoms with Crippen molar-refractivity contribution < 1.29 is 4.43 Å². The molecule has 0 amide bonds. The van der Waals surface area contributed by atoms with Gasteiger partial charge in [0.1, 0.15) is 0 Å². The second-order valence-electron chi connectivity index (χ2n) is 7.85. The quantitative estimate of drug-likeness (QED) is 0.604. The molecule has 1 atom stereocenters. The summed E-state index contributed by atoms with van der Waals surface area (Å²) in [6.07, 6.45) is 1.33. The van der Waals surface area contributed by atoms with Gasteiger partial charge in [-0.05, 0) is 22.4 Å². The van der Waals surface area contributed by atoms with Crippen LogP contribution in [0.15, 0.2) is 91.0 Å². The summed E-state index contributed by atoms with van der Waals surface area (Å²) in [5.74, 6) is 0. The highest BCUT2D eigenvalue weighted by Crippen LogP contribution is 2.40. The summed E-state index contributed by atoms with van der Waals surface area (Å²) in [7, 11) is -3.88. The van der Waals surface area contributed by atoms with E-state index in [1.807, 2.05) is 0 Å². The molecule has 0 radical (unpaired) electrons. The van der Waals surface area contributed by atoms with Crippen molar-refractivity contribution in [3.05, 3.63) is 96.6 Å². The molecule has 3 aromatic rings. The highest BCUT2D eigenvalue weighted by Gasteiger charge is 2.57. The number of benzene rings is 3. The maximum atomic E-state index is 7.25. The Morgan fingerprint density at radius 3 is 1.65 bits per heavy atom. The highest BCUT2D eigenvalue weighted by atomic mass is 29.3. The van der Waals surface area contributed by atoms with Gasteiger partial charge in [-0.25, -0.2) is 0 Å². The normalized spacial score (nSPS) is 21.2. The molecule has 0 spiro atoms. The van der Waals surface area contributed by atoms with Gasteiger partial charge in [0, 0.05) is 0 Å². The smallest absolute Gasteiger partial charge is 0.241 e.